The molecule has 0 bridgehead atoms. The van der Waals surface area contributed by atoms with Crippen molar-refractivity contribution >= 4 is 43.6 Å². The van der Waals surface area contributed by atoms with E-state index in [2.05, 4.69) is 47.4 Å². The van der Waals surface area contributed by atoms with Gasteiger partial charge in [0.1, 0.15) is 5.54 Å². The van der Waals surface area contributed by atoms with Crippen molar-refractivity contribution in [1.82, 2.24) is 29.9 Å². The molecular formula is C38H44N8O11S2. The number of aromatic nitrogens is 2. The summed E-state index contributed by atoms with van der Waals surface area (Å²) in [4.78, 5) is 51.8. The molecule has 0 aromatic carbocycles. The molecule has 21 heteroatoms. The summed E-state index contributed by atoms with van der Waals surface area (Å²) in [5, 5.41) is 17.8. The van der Waals surface area contributed by atoms with E-state index in [-0.39, 0.29) is 56.6 Å². The first-order chi connectivity index (χ1) is 27.5. The van der Waals surface area contributed by atoms with Crippen LogP contribution < -0.4 is 22.4 Å². The van der Waals surface area contributed by atoms with E-state index in [1.54, 1.807) is 24.5 Å². The number of fused-ring (bicyclic) bond motifs is 2. The van der Waals surface area contributed by atoms with Gasteiger partial charge >= 0.3 is 12.1 Å². The maximum atomic E-state index is 12.6. The lowest BCUT2D eigenvalue weighted by atomic mass is 10.0. The number of sulfone groups is 2. The van der Waals surface area contributed by atoms with E-state index < -0.39 is 46.5 Å². The highest BCUT2D eigenvalue weighted by atomic mass is 32.2. The Kier molecular flexibility index (Phi) is 12.5. The van der Waals surface area contributed by atoms with Gasteiger partial charge in [-0.1, -0.05) is 23.7 Å². The Labute approximate surface area is 341 Å². The largest absolute Gasteiger partial charge is 0.375 e. The fraction of sp³-hybridized carbons (Fsp3) is 0.474. The first-order valence-corrected chi connectivity index (χ1v) is 21.8. The van der Waals surface area contributed by atoms with Crippen LogP contribution in [0.3, 0.4) is 0 Å². The second-order valence-electron chi connectivity index (χ2n) is 15.3. The molecule has 4 amide bonds. The van der Waals surface area contributed by atoms with Crippen LogP contribution in [-0.4, -0.2) is 129 Å². The number of carbonyl (C=O) groups is 4. The monoisotopic (exact) mass is 852 g/mol. The SMILES string of the molecule is C[C@@](CCN1Cc2cc(C#CC#CC3(N)CC3)cn2C1=O)(C(=O)NO)S(C)(=O)=O.C[C@@](CCN1Cc2cc(C#CC#CC3(N)COC3)cn2C1=O)(C(=O)NO)S(C)(=O)=O. The second-order valence-corrected chi connectivity index (χ2v) is 20.2. The van der Waals surface area contributed by atoms with Crippen molar-refractivity contribution in [3.8, 4) is 47.4 Å². The molecule has 6 rings (SSSR count). The quantitative estimate of drug-likeness (QED) is 0.0940. The molecule has 19 nitrogen and oxygen atoms in total. The van der Waals surface area contributed by atoms with Gasteiger partial charge in [0.25, 0.3) is 11.8 Å². The maximum Gasteiger partial charge on any atom is 0.328 e. The van der Waals surface area contributed by atoms with E-state index >= 15 is 0 Å². The molecule has 3 aliphatic heterocycles. The lowest BCUT2D eigenvalue weighted by Gasteiger charge is -2.32. The Morgan fingerprint density at radius 3 is 1.44 bits per heavy atom. The van der Waals surface area contributed by atoms with Gasteiger partial charge in [0.15, 0.2) is 29.2 Å². The van der Waals surface area contributed by atoms with Crippen LogP contribution in [0.2, 0.25) is 0 Å². The van der Waals surface area contributed by atoms with Gasteiger partial charge in [0.2, 0.25) is 0 Å². The number of ether oxygens (including phenoxy) is 1. The number of nitrogens with one attached hydrogen (secondary N) is 2. The van der Waals surface area contributed by atoms with Crippen molar-refractivity contribution in [3.05, 3.63) is 47.0 Å². The van der Waals surface area contributed by atoms with Gasteiger partial charge in [-0.05, 0) is 75.3 Å². The first kappa shape index (κ1) is 44.5. The second kappa shape index (κ2) is 16.6. The molecule has 5 heterocycles. The van der Waals surface area contributed by atoms with E-state index in [1.165, 1.54) is 43.7 Å². The molecule has 1 saturated carbocycles. The number of rotatable bonds is 10. The zero-order valence-corrected chi connectivity index (χ0v) is 34.3. The zero-order chi connectivity index (χ0) is 43.6. The lowest BCUT2D eigenvalue weighted by Crippen LogP contribution is -2.56. The van der Waals surface area contributed by atoms with Crippen LogP contribution in [0.15, 0.2) is 24.5 Å². The predicted molar refractivity (Wildman–Crippen MR) is 210 cm³/mol. The van der Waals surface area contributed by atoms with Crippen LogP contribution in [0.5, 0.6) is 0 Å². The molecule has 4 aliphatic rings. The van der Waals surface area contributed by atoms with Crippen molar-refractivity contribution in [1.29, 1.82) is 0 Å². The van der Waals surface area contributed by atoms with Crippen LogP contribution in [0.4, 0.5) is 9.59 Å². The minimum Gasteiger partial charge on any atom is -0.375 e. The summed E-state index contributed by atoms with van der Waals surface area (Å²) in [5.74, 6) is 20.3. The van der Waals surface area contributed by atoms with Crippen LogP contribution in [0.1, 0.15) is 62.0 Å². The molecule has 314 valence electrons. The summed E-state index contributed by atoms with van der Waals surface area (Å²) in [6, 6.07) is 2.82. The highest BCUT2D eigenvalue weighted by Crippen LogP contribution is 2.31. The molecular weight excluding hydrogens is 809 g/mol. The van der Waals surface area contributed by atoms with Gasteiger partial charge in [0, 0.05) is 60.5 Å². The highest BCUT2D eigenvalue weighted by molar-refractivity contribution is 7.93. The number of nitrogens with zero attached hydrogens (tertiary/aromatic N) is 4. The molecule has 0 unspecified atom stereocenters. The van der Waals surface area contributed by atoms with Gasteiger partial charge in [-0.25, -0.2) is 37.4 Å². The Bertz CT molecular complexity index is 2560. The molecule has 2 fully saturated rings. The van der Waals surface area contributed by atoms with Gasteiger partial charge in [-0.2, -0.15) is 0 Å². The molecule has 1 aliphatic carbocycles. The molecule has 2 atom stereocenters. The molecule has 59 heavy (non-hydrogen) atoms. The van der Waals surface area contributed by atoms with Gasteiger partial charge < -0.3 is 26.0 Å². The fourth-order valence-electron chi connectivity index (χ4n) is 5.97. The average Bonchev–Trinajstić information content (AvgIpc) is 3.42. The number of hydroxylamine groups is 2. The highest BCUT2D eigenvalue weighted by Gasteiger charge is 2.46. The van der Waals surface area contributed by atoms with E-state index in [4.69, 9.17) is 26.6 Å². The molecule has 0 spiro atoms. The fourth-order valence-corrected chi connectivity index (χ4v) is 7.66. The summed E-state index contributed by atoms with van der Waals surface area (Å²) in [6.45, 7) is 3.75. The van der Waals surface area contributed by atoms with Crippen LogP contribution in [0, 0.1) is 47.4 Å². The van der Waals surface area contributed by atoms with Crippen molar-refractivity contribution in [2.45, 2.75) is 73.2 Å². The summed E-state index contributed by atoms with van der Waals surface area (Å²) in [7, 11) is -7.65. The first-order valence-electron chi connectivity index (χ1n) is 18.0. The zero-order valence-electron chi connectivity index (χ0n) is 32.7. The van der Waals surface area contributed by atoms with E-state index in [0.717, 1.165) is 25.4 Å². The van der Waals surface area contributed by atoms with E-state index in [9.17, 15) is 36.0 Å². The van der Waals surface area contributed by atoms with Gasteiger partial charge in [0.05, 0.1) is 31.8 Å². The summed E-state index contributed by atoms with van der Waals surface area (Å²) in [6.07, 6.45) is 6.44. The molecule has 8 N–H and O–H groups in total. The third-order valence-corrected chi connectivity index (χ3v) is 14.7. The van der Waals surface area contributed by atoms with Crippen LogP contribution in [-0.2, 0) is 47.1 Å². The number of amides is 4. The third-order valence-electron chi connectivity index (χ3n) is 10.6. The van der Waals surface area contributed by atoms with Crippen LogP contribution >= 0.6 is 0 Å². The Balaban J connectivity index is 0.000000224. The Morgan fingerprint density at radius 2 is 1.14 bits per heavy atom. The Hall–Kier alpha value is -5.62. The lowest BCUT2D eigenvalue weighted by molar-refractivity contribution is -0.132. The van der Waals surface area contributed by atoms with Gasteiger partial charge in [-0.15, -0.1) is 0 Å². The maximum absolute atomic E-state index is 12.6. The number of hydrogen-bond donors (Lipinski definition) is 6. The van der Waals surface area contributed by atoms with Crippen molar-refractivity contribution < 1.29 is 51.2 Å². The number of hydrogen-bond acceptors (Lipinski definition) is 13. The topological polar surface area (TPSA) is 279 Å². The van der Waals surface area contributed by atoms with Crippen molar-refractivity contribution in [2.24, 2.45) is 11.5 Å². The van der Waals surface area contributed by atoms with Crippen molar-refractivity contribution in [2.75, 3.05) is 38.8 Å². The van der Waals surface area contributed by atoms with E-state index in [0.29, 0.717) is 35.7 Å². The van der Waals surface area contributed by atoms with Gasteiger partial charge in [-0.3, -0.25) is 29.1 Å². The third kappa shape index (κ3) is 9.65. The predicted octanol–water partition coefficient (Wildman–Crippen LogP) is -1.13. The summed E-state index contributed by atoms with van der Waals surface area (Å²) in [5.41, 5.74) is 16.2. The molecule has 1 saturated heterocycles. The minimum absolute atomic E-state index is 0.0185. The average molecular weight is 853 g/mol. The molecule has 2 aromatic rings. The number of nitrogens with two attached hydrogens (primary N) is 2. The minimum atomic E-state index is -3.83. The smallest absolute Gasteiger partial charge is 0.328 e. The standard InChI is InChI=1S/C19H22N4O6S.C19H22N4O5S/c1-18(16(24)21-26,30(2,27)28)7-8-22-11-15-9-14(10-23(15)17(22)25)5-3-4-6-19(20)12-29-13-19;1-18(16(24)21-26,29(2,27)28)9-10-22-13-15-11-14(12-23(15)17(22)25)5-3-4-6-19(20)7-8-19/h9-10,26H,7-8,11-13,20H2,1-2H3,(H,21,24);11-12,26H,7-10,13,20H2,1-2H3,(H,21,24)/t2*18-/m11/s1. The Morgan fingerprint density at radius 1 is 0.746 bits per heavy atom. The summed E-state index contributed by atoms with van der Waals surface area (Å²) >= 11 is 0. The van der Waals surface area contributed by atoms with Crippen LogP contribution in [0.25, 0.3) is 0 Å². The van der Waals surface area contributed by atoms with Crippen molar-refractivity contribution in [3.63, 3.8) is 0 Å². The molecule has 0 radical (unpaired) electrons. The number of carbonyl (C=O) groups excluding carboxylic acids is 4. The molecule has 2 aromatic heterocycles. The summed E-state index contributed by atoms with van der Waals surface area (Å²) < 4.78 is 52.3. The normalized spacial score (nSPS) is 18.7. The van der Waals surface area contributed by atoms with E-state index in [1.807, 2.05) is 0 Å².